The van der Waals surface area contributed by atoms with Crippen molar-refractivity contribution in [1.29, 1.82) is 0 Å². The first-order valence-corrected chi connectivity index (χ1v) is 8.95. The molecule has 2 fully saturated rings. The van der Waals surface area contributed by atoms with Crippen molar-refractivity contribution in [2.24, 2.45) is 16.8 Å². The lowest BCUT2D eigenvalue weighted by atomic mass is 9.58. The highest BCUT2D eigenvalue weighted by atomic mass is 32.1. The molecule has 0 bridgehead atoms. The lowest BCUT2D eigenvalue weighted by Gasteiger charge is -2.47. The van der Waals surface area contributed by atoms with Gasteiger partial charge in [-0.2, -0.15) is 5.10 Å². The van der Waals surface area contributed by atoms with Crippen LogP contribution in [0.5, 0.6) is 0 Å². The van der Waals surface area contributed by atoms with Crippen LogP contribution in [0.25, 0.3) is 0 Å². The molecule has 6 heteroatoms. The van der Waals surface area contributed by atoms with Crippen LogP contribution in [0.1, 0.15) is 25.3 Å². The van der Waals surface area contributed by atoms with E-state index < -0.39 is 0 Å². The molecule has 0 amide bonds. The van der Waals surface area contributed by atoms with Crippen LogP contribution in [-0.4, -0.2) is 48.6 Å². The molecule has 130 valence electrons. The molecule has 1 heterocycles. The highest BCUT2D eigenvalue weighted by Gasteiger charge is 2.43. The lowest BCUT2D eigenvalue weighted by Crippen LogP contribution is -2.48. The SMILES string of the molecule is CC1(c2ccccc2)CC(C(CN2CCOCC2)=NNC(N)=S)C1. The van der Waals surface area contributed by atoms with Gasteiger partial charge in [-0.25, -0.2) is 0 Å². The van der Waals surface area contributed by atoms with Gasteiger partial charge >= 0.3 is 0 Å². The summed E-state index contributed by atoms with van der Waals surface area (Å²) in [6.07, 6.45) is 2.22. The number of ether oxygens (including phenoxy) is 1. The molecule has 5 nitrogen and oxygen atoms in total. The van der Waals surface area contributed by atoms with Crippen molar-refractivity contribution in [3.8, 4) is 0 Å². The molecular formula is C18H26N4OS. The molecule has 2 aliphatic rings. The van der Waals surface area contributed by atoms with Gasteiger partial charge in [-0.15, -0.1) is 0 Å². The minimum absolute atomic E-state index is 0.222. The Hall–Kier alpha value is -1.50. The molecule has 3 rings (SSSR count). The molecule has 0 spiro atoms. The van der Waals surface area contributed by atoms with Crippen molar-refractivity contribution in [2.75, 3.05) is 32.8 Å². The molecule has 1 aromatic carbocycles. The standard InChI is InChI=1S/C18H26N4OS/c1-18(15-5-3-2-4-6-15)11-14(12-18)16(20-21-17(19)24)13-22-7-9-23-10-8-22/h2-6,14H,7-13H2,1H3,(H3,19,21,24). The highest BCUT2D eigenvalue weighted by Crippen LogP contribution is 2.48. The van der Waals surface area contributed by atoms with E-state index in [4.69, 9.17) is 22.7 Å². The van der Waals surface area contributed by atoms with E-state index >= 15 is 0 Å². The summed E-state index contributed by atoms with van der Waals surface area (Å²) in [5.74, 6) is 0.472. The fourth-order valence-electron chi connectivity index (χ4n) is 3.71. The number of thiocarbonyl (C=S) groups is 1. The predicted molar refractivity (Wildman–Crippen MR) is 101 cm³/mol. The van der Waals surface area contributed by atoms with Crippen LogP contribution in [0.4, 0.5) is 0 Å². The summed E-state index contributed by atoms with van der Waals surface area (Å²) in [5, 5.41) is 4.74. The van der Waals surface area contributed by atoms with E-state index in [-0.39, 0.29) is 10.5 Å². The molecule has 3 N–H and O–H groups in total. The van der Waals surface area contributed by atoms with E-state index in [0.717, 1.165) is 51.4 Å². The summed E-state index contributed by atoms with van der Waals surface area (Å²) in [6.45, 7) is 6.69. The number of hydrazone groups is 1. The van der Waals surface area contributed by atoms with Gasteiger partial charge in [0.05, 0.1) is 18.9 Å². The van der Waals surface area contributed by atoms with E-state index in [2.05, 4.69) is 52.7 Å². The average molecular weight is 346 g/mol. The quantitative estimate of drug-likeness (QED) is 0.484. The number of nitrogens with zero attached hydrogens (tertiary/aromatic N) is 2. The number of hydrogen-bond donors (Lipinski definition) is 2. The van der Waals surface area contributed by atoms with Crippen molar-refractivity contribution in [3.63, 3.8) is 0 Å². The number of nitrogens with one attached hydrogen (secondary N) is 1. The summed E-state index contributed by atoms with van der Waals surface area (Å²) < 4.78 is 5.43. The summed E-state index contributed by atoms with van der Waals surface area (Å²) in [5.41, 5.74) is 11.1. The first-order valence-electron chi connectivity index (χ1n) is 8.54. The third-order valence-corrected chi connectivity index (χ3v) is 5.23. The molecule has 1 aliphatic carbocycles. The Morgan fingerprint density at radius 2 is 2.00 bits per heavy atom. The molecule has 1 saturated carbocycles. The zero-order valence-corrected chi connectivity index (χ0v) is 15.0. The summed E-state index contributed by atoms with van der Waals surface area (Å²) >= 11 is 4.91. The number of benzene rings is 1. The van der Waals surface area contributed by atoms with Gasteiger partial charge in [0.1, 0.15) is 0 Å². The molecular weight excluding hydrogens is 320 g/mol. The van der Waals surface area contributed by atoms with Crippen molar-refractivity contribution in [3.05, 3.63) is 35.9 Å². The number of rotatable bonds is 5. The van der Waals surface area contributed by atoms with Crippen LogP contribution in [0.3, 0.4) is 0 Å². The van der Waals surface area contributed by atoms with Crippen molar-refractivity contribution in [1.82, 2.24) is 10.3 Å². The van der Waals surface area contributed by atoms with E-state index in [0.29, 0.717) is 5.92 Å². The minimum atomic E-state index is 0.222. The van der Waals surface area contributed by atoms with Gasteiger partial charge in [0.15, 0.2) is 5.11 Å². The Balaban J connectivity index is 1.66. The summed E-state index contributed by atoms with van der Waals surface area (Å²) in [6, 6.07) is 10.8. The third kappa shape index (κ3) is 4.12. The van der Waals surface area contributed by atoms with E-state index in [1.165, 1.54) is 5.56 Å². The highest BCUT2D eigenvalue weighted by molar-refractivity contribution is 7.80. The van der Waals surface area contributed by atoms with E-state index in [1.807, 2.05) is 0 Å². The Labute approximate surface area is 149 Å². The van der Waals surface area contributed by atoms with Crippen LogP contribution in [0.2, 0.25) is 0 Å². The predicted octanol–water partition coefficient (Wildman–Crippen LogP) is 1.88. The van der Waals surface area contributed by atoms with Crippen molar-refractivity contribution >= 4 is 23.0 Å². The zero-order valence-electron chi connectivity index (χ0n) is 14.2. The number of hydrogen-bond acceptors (Lipinski definition) is 4. The first kappa shape index (κ1) is 17.3. The second-order valence-electron chi connectivity index (χ2n) is 7.00. The maximum absolute atomic E-state index is 5.56. The molecule has 1 aliphatic heterocycles. The van der Waals surface area contributed by atoms with E-state index in [1.54, 1.807) is 0 Å². The van der Waals surface area contributed by atoms with Crippen LogP contribution in [0, 0.1) is 5.92 Å². The topological polar surface area (TPSA) is 62.9 Å². The van der Waals surface area contributed by atoms with Gasteiger partial charge < -0.3 is 10.5 Å². The van der Waals surface area contributed by atoms with Crippen LogP contribution >= 0.6 is 12.2 Å². The Bertz CT molecular complexity index is 592. The molecule has 0 radical (unpaired) electrons. The smallest absolute Gasteiger partial charge is 0.184 e. The van der Waals surface area contributed by atoms with Crippen molar-refractivity contribution < 1.29 is 4.74 Å². The molecule has 24 heavy (non-hydrogen) atoms. The molecule has 0 aromatic heterocycles. The fourth-order valence-corrected chi connectivity index (χ4v) is 3.76. The summed E-state index contributed by atoms with van der Waals surface area (Å²) in [4.78, 5) is 2.39. The van der Waals surface area contributed by atoms with Gasteiger partial charge in [-0.3, -0.25) is 10.3 Å². The molecule has 1 aromatic rings. The van der Waals surface area contributed by atoms with Gasteiger partial charge in [-0.1, -0.05) is 37.3 Å². The van der Waals surface area contributed by atoms with Gasteiger partial charge in [-0.05, 0) is 36.0 Å². The molecule has 1 saturated heterocycles. The normalized spacial score (nSPS) is 28.2. The maximum atomic E-state index is 5.56. The number of morpholine rings is 1. The second kappa shape index (κ2) is 7.59. The fraction of sp³-hybridized carbons (Fsp3) is 0.556. The summed E-state index contributed by atoms with van der Waals surface area (Å²) in [7, 11) is 0. The van der Waals surface area contributed by atoms with Crippen LogP contribution in [-0.2, 0) is 10.2 Å². The minimum Gasteiger partial charge on any atom is -0.379 e. The van der Waals surface area contributed by atoms with E-state index in [9.17, 15) is 0 Å². The monoisotopic (exact) mass is 346 g/mol. The molecule has 0 unspecified atom stereocenters. The maximum Gasteiger partial charge on any atom is 0.184 e. The molecule has 0 atom stereocenters. The largest absolute Gasteiger partial charge is 0.379 e. The van der Waals surface area contributed by atoms with Gasteiger partial charge in [0.25, 0.3) is 0 Å². The third-order valence-electron chi connectivity index (χ3n) is 5.13. The Morgan fingerprint density at radius 1 is 1.33 bits per heavy atom. The number of nitrogens with two attached hydrogens (primary N) is 1. The van der Waals surface area contributed by atoms with Crippen molar-refractivity contribution in [2.45, 2.75) is 25.2 Å². The second-order valence-corrected chi connectivity index (χ2v) is 7.44. The first-order chi connectivity index (χ1) is 11.6. The zero-order chi connectivity index (χ0) is 17.0. The average Bonchev–Trinajstić information content (AvgIpc) is 2.57. The van der Waals surface area contributed by atoms with Gasteiger partial charge in [0, 0.05) is 25.6 Å². The Kier molecular flexibility index (Phi) is 5.48. The van der Waals surface area contributed by atoms with Gasteiger partial charge in [0.2, 0.25) is 0 Å². The Morgan fingerprint density at radius 3 is 2.62 bits per heavy atom. The van der Waals surface area contributed by atoms with Crippen LogP contribution in [0.15, 0.2) is 35.4 Å². The van der Waals surface area contributed by atoms with Crippen LogP contribution < -0.4 is 11.2 Å². The lowest BCUT2D eigenvalue weighted by molar-refractivity contribution is 0.0440.